The highest BCUT2D eigenvalue weighted by molar-refractivity contribution is 7.10. The van der Waals surface area contributed by atoms with E-state index in [0.717, 1.165) is 32.6 Å². The van der Waals surface area contributed by atoms with E-state index in [1.807, 2.05) is 11.4 Å². The van der Waals surface area contributed by atoms with Gasteiger partial charge in [-0.25, -0.2) is 0 Å². The second-order valence-electron chi connectivity index (χ2n) is 3.69. The summed E-state index contributed by atoms with van der Waals surface area (Å²) in [7, 11) is 0. The highest BCUT2D eigenvalue weighted by atomic mass is 32.1. The van der Waals surface area contributed by atoms with Crippen molar-refractivity contribution in [1.82, 2.24) is 10.2 Å². The van der Waals surface area contributed by atoms with Gasteiger partial charge < -0.3 is 5.32 Å². The number of nitrogens with zero attached hydrogens (tertiary/aromatic N) is 2. The second kappa shape index (κ2) is 5.26. The molecule has 1 unspecified atom stereocenters. The molecule has 1 aromatic heterocycles. The van der Waals surface area contributed by atoms with Crippen molar-refractivity contribution in [3.05, 3.63) is 22.4 Å². The van der Waals surface area contributed by atoms with Gasteiger partial charge in [-0.2, -0.15) is 5.26 Å². The molecule has 15 heavy (non-hydrogen) atoms. The number of thiophene rings is 1. The van der Waals surface area contributed by atoms with Crippen LogP contribution in [0.4, 0.5) is 0 Å². The zero-order valence-electron chi connectivity index (χ0n) is 8.65. The fraction of sp³-hybridized carbons (Fsp3) is 0.545. The van der Waals surface area contributed by atoms with E-state index in [1.54, 1.807) is 11.3 Å². The maximum absolute atomic E-state index is 9.24. The number of hydrogen-bond acceptors (Lipinski definition) is 4. The highest BCUT2D eigenvalue weighted by Crippen LogP contribution is 2.24. The molecule has 1 aromatic rings. The molecule has 4 heteroatoms. The Bertz CT molecular complexity index is 320. The predicted molar refractivity (Wildman–Crippen MR) is 61.7 cm³/mol. The summed E-state index contributed by atoms with van der Waals surface area (Å²) >= 11 is 1.67. The molecule has 0 amide bonds. The van der Waals surface area contributed by atoms with Gasteiger partial charge in [0.25, 0.3) is 0 Å². The SMILES string of the molecule is N#CC(c1cccs1)N1CCCNCC1. The molecule has 0 radical (unpaired) electrons. The molecule has 1 aliphatic rings. The molecule has 0 saturated carbocycles. The van der Waals surface area contributed by atoms with Crippen LogP contribution < -0.4 is 5.32 Å². The third-order valence-electron chi connectivity index (χ3n) is 2.67. The van der Waals surface area contributed by atoms with Crippen molar-refractivity contribution in [2.24, 2.45) is 0 Å². The van der Waals surface area contributed by atoms with E-state index in [-0.39, 0.29) is 6.04 Å². The van der Waals surface area contributed by atoms with Crippen LogP contribution in [0.1, 0.15) is 17.3 Å². The summed E-state index contributed by atoms with van der Waals surface area (Å²) < 4.78 is 0. The van der Waals surface area contributed by atoms with Crippen molar-refractivity contribution < 1.29 is 0 Å². The van der Waals surface area contributed by atoms with E-state index in [9.17, 15) is 5.26 Å². The van der Waals surface area contributed by atoms with Gasteiger partial charge in [0.1, 0.15) is 6.04 Å². The Morgan fingerprint density at radius 3 is 3.13 bits per heavy atom. The van der Waals surface area contributed by atoms with E-state index in [4.69, 9.17) is 0 Å². The molecule has 0 spiro atoms. The summed E-state index contributed by atoms with van der Waals surface area (Å²) in [5.74, 6) is 0. The number of hydrogen-bond donors (Lipinski definition) is 1. The maximum atomic E-state index is 9.24. The van der Waals surface area contributed by atoms with Crippen molar-refractivity contribution in [3.63, 3.8) is 0 Å². The van der Waals surface area contributed by atoms with Crippen LogP contribution in [0, 0.1) is 11.3 Å². The van der Waals surface area contributed by atoms with Crippen LogP contribution in [0.2, 0.25) is 0 Å². The van der Waals surface area contributed by atoms with Gasteiger partial charge in [0.05, 0.1) is 6.07 Å². The van der Waals surface area contributed by atoms with E-state index >= 15 is 0 Å². The molecule has 3 nitrogen and oxygen atoms in total. The lowest BCUT2D eigenvalue weighted by Gasteiger charge is -2.23. The lowest BCUT2D eigenvalue weighted by Crippen LogP contribution is -2.31. The minimum Gasteiger partial charge on any atom is -0.315 e. The molecule has 1 aliphatic heterocycles. The van der Waals surface area contributed by atoms with Crippen LogP contribution in [0.5, 0.6) is 0 Å². The van der Waals surface area contributed by atoms with E-state index < -0.39 is 0 Å². The first kappa shape index (κ1) is 10.6. The average molecular weight is 221 g/mol. The van der Waals surface area contributed by atoms with Crippen LogP contribution in [0.25, 0.3) is 0 Å². The van der Waals surface area contributed by atoms with E-state index in [1.165, 1.54) is 4.88 Å². The number of nitriles is 1. The molecule has 1 fully saturated rings. The van der Waals surface area contributed by atoms with Crippen LogP contribution >= 0.6 is 11.3 Å². The minimum absolute atomic E-state index is 0.0510. The van der Waals surface area contributed by atoms with Crippen LogP contribution in [-0.4, -0.2) is 31.1 Å². The summed E-state index contributed by atoms with van der Waals surface area (Å²) in [6.45, 7) is 4.04. The highest BCUT2D eigenvalue weighted by Gasteiger charge is 2.21. The summed E-state index contributed by atoms with van der Waals surface area (Å²) in [5.41, 5.74) is 0. The van der Waals surface area contributed by atoms with E-state index in [0.29, 0.717) is 0 Å². The van der Waals surface area contributed by atoms with Gasteiger partial charge in [-0.05, 0) is 24.4 Å². The van der Waals surface area contributed by atoms with Crippen molar-refractivity contribution in [2.75, 3.05) is 26.2 Å². The van der Waals surface area contributed by atoms with Gasteiger partial charge >= 0.3 is 0 Å². The molecular weight excluding hydrogens is 206 g/mol. The Morgan fingerprint density at radius 1 is 1.47 bits per heavy atom. The number of nitrogens with one attached hydrogen (secondary N) is 1. The predicted octanol–water partition coefficient (Wildman–Crippen LogP) is 1.61. The first-order valence-corrected chi connectivity index (χ1v) is 6.17. The van der Waals surface area contributed by atoms with Crippen molar-refractivity contribution >= 4 is 11.3 Å². The molecule has 0 aromatic carbocycles. The Kier molecular flexibility index (Phi) is 3.73. The molecule has 80 valence electrons. The van der Waals surface area contributed by atoms with Gasteiger partial charge in [-0.1, -0.05) is 6.07 Å². The summed E-state index contributed by atoms with van der Waals surface area (Å²) in [6.07, 6.45) is 1.13. The second-order valence-corrected chi connectivity index (χ2v) is 4.67. The van der Waals surface area contributed by atoms with Crippen LogP contribution in [0.3, 0.4) is 0 Å². The van der Waals surface area contributed by atoms with Crippen LogP contribution in [0.15, 0.2) is 17.5 Å². The zero-order chi connectivity index (χ0) is 10.5. The molecule has 2 rings (SSSR count). The maximum Gasteiger partial charge on any atom is 0.133 e. The largest absolute Gasteiger partial charge is 0.315 e. The van der Waals surface area contributed by atoms with Gasteiger partial charge in [0.15, 0.2) is 0 Å². The van der Waals surface area contributed by atoms with Gasteiger partial charge in [-0.3, -0.25) is 4.90 Å². The zero-order valence-corrected chi connectivity index (χ0v) is 9.46. The lowest BCUT2D eigenvalue weighted by molar-refractivity contribution is 0.255. The molecule has 1 saturated heterocycles. The first-order valence-electron chi connectivity index (χ1n) is 5.29. The minimum atomic E-state index is -0.0510. The summed E-state index contributed by atoms with van der Waals surface area (Å²) in [4.78, 5) is 3.44. The van der Waals surface area contributed by atoms with Gasteiger partial charge in [-0.15, -0.1) is 11.3 Å². The topological polar surface area (TPSA) is 39.1 Å². The Hall–Kier alpha value is -0.890. The molecule has 0 bridgehead atoms. The van der Waals surface area contributed by atoms with Crippen molar-refractivity contribution in [3.8, 4) is 6.07 Å². The Balaban J connectivity index is 2.09. The summed E-state index contributed by atoms with van der Waals surface area (Å²) in [6, 6.07) is 6.43. The summed E-state index contributed by atoms with van der Waals surface area (Å²) in [5, 5.41) is 14.6. The van der Waals surface area contributed by atoms with E-state index in [2.05, 4.69) is 22.4 Å². The Morgan fingerprint density at radius 2 is 2.40 bits per heavy atom. The quantitative estimate of drug-likeness (QED) is 0.824. The third kappa shape index (κ3) is 2.57. The number of rotatable bonds is 2. The molecule has 0 aliphatic carbocycles. The monoisotopic (exact) mass is 221 g/mol. The fourth-order valence-electron chi connectivity index (χ4n) is 1.90. The van der Waals surface area contributed by atoms with Gasteiger partial charge in [0.2, 0.25) is 0 Å². The van der Waals surface area contributed by atoms with Crippen molar-refractivity contribution in [2.45, 2.75) is 12.5 Å². The Labute approximate surface area is 94.3 Å². The van der Waals surface area contributed by atoms with Crippen molar-refractivity contribution in [1.29, 1.82) is 5.26 Å². The first-order chi connectivity index (χ1) is 7.42. The third-order valence-corrected chi connectivity index (χ3v) is 3.60. The smallest absolute Gasteiger partial charge is 0.133 e. The standard InChI is InChI=1S/C11H15N3S/c12-9-10(11-3-1-8-15-11)14-6-2-4-13-5-7-14/h1,3,8,10,13H,2,4-7H2. The average Bonchev–Trinajstić information content (AvgIpc) is 2.63. The van der Waals surface area contributed by atoms with Crippen LogP contribution in [-0.2, 0) is 0 Å². The fourth-order valence-corrected chi connectivity index (χ4v) is 2.70. The molecular formula is C11H15N3S. The molecule has 1 atom stereocenters. The lowest BCUT2D eigenvalue weighted by atomic mass is 10.2. The molecule has 1 N–H and O–H groups in total. The normalized spacial score (nSPS) is 20.5. The molecule has 2 heterocycles. The van der Waals surface area contributed by atoms with Gasteiger partial charge in [0, 0.05) is 24.5 Å².